The Balaban J connectivity index is 1.55. The third-order valence-corrected chi connectivity index (χ3v) is 5.43. The smallest absolute Gasteiger partial charge is 0.256 e. The first-order valence-corrected chi connectivity index (χ1v) is 10.5. The molecule has 6 heteroatoms. The van der Waals surface area contributed by atoms with E-state index in [1.807, 2.05) is 48.5 Å². The summed E-state index contributed by atoms with van der Waals surface area (Å²) in [5.74, 6) is -0.174. The van der Waals surface area contributed by atoms with Gasteiger partial charge in [0, 0.05) is 10.2 Å². The summed E-state index contributed by atoms with van der Waals surface area (Å²) in [7, 11) is 0. The molecule has 0 fully saturated rings. The fourth-order valence-electron chi connectivity index (χ4n) is 3.13. The van der Waals surface area contributed by atoms with Crippen LogP contribution in [0.4, 0.5) is 5.69 Å². The van der Waals surface area contributed by atoms with Gasteiger partial charge in [-0.15, -0.1) is 10.2 Å². The fraction of sp³-hybridized carbons (Fsp3) is 0.174. The van der Waals surface area contributed by atoms with E-state index in [-0.39, 0.29) is 5.91 Å². The number of hydrogen-bond acceptors (Lipinski definition) is 3. The van der Waals surface area contributed by atoms with Crippen molar-refractivity contribution in [3.8, 4) is 5.69 Å². The number of aryl methyl sites for hydroxylation is 1. The summed E-state index contributed by atoms with van der Waals surface area (Å²) in [5, 5.41) is 12.1. The lowest BCUT2D eigenvalue weighted by molar-refractivity contribution is 0.102. The van der Waals surface area contributed by atoms with Gasteiger partial charge in [0.2, 0.25) is 0 Å². The lowest BCUT2D eigenvalue weighted by Crippen LogP contribution is -2.12. The molecule has 0 atom stereocenters. The highest BCUT2D eigenvalue weighted by Gasteiger charge is 2.11. The molecule has 0 saturated carbocycles. The molecule has 1 N–H and O–H groups in total. The average Bonchev–Trinajstić information content (AvgIpc) is 3.16. The second kappa shape index (κ2) is 8.57. The topological polar surface area (TPSA) is 59.8 Å². The molecule has 0 saturated heterocycles. The monoisotopic (exact) mass is 448 g/mol. The SMILES string of the molecule is CCCCc1ccc(-n2nc3ccc(NC(=O)c4ccccc4Br)cc3n2)cc1. The van der Waals surface area contributed by atoms with Crippen LogP contribution in [0, 0.1) is 0 Å². The van der Waals surface area contributed by atoms with E-state index < -0.39 is 0 Å². The fourth-order valence-corrected chi connectivity index (χ4v) is 3.59. The summed E-state index contributed by atoms with van der Waals surface area (Å²) < 4.78 is 0.756. The zero-order valence-electron chi connectivity index (χ0n) is 16.1. The summed E-state index contributed by atoms with van der Waals surface area (Å²) in [6.45, 7) is 2.20. The Labute approximate surface area is 177 Å². The molecule has 0 unspecified atom stereocenters. The molecule has 5 nitrogen and oxygen atoms in total. The molecule has 0 spiro atoms. The number of carbonyl (C=O) groups is 1. The molecule has 4 aromatic rings. The van der Waals surface area contributed by atoms with Crippen molar-refractivity contribution < 1.29 is 4.79 Å². The number of fused-ring (bicyclic) bond motifs is 1. The number of rotatable bonds is 6. The molecule has 0 bridgehead atoms. The molecular weight excluding hydrogens is 428 g/mol. The van der Waals surface area contributed by atoms with Gasteiger partial charge in [0.15, 0.2) is 0 Å². The number of amides is 1. The average molecular weight is 449 g/mol. The molecule has 3 aromatic carbocycles. The highest BCUT2D eigenvalue weighted by Crippen LogP contribution is 2.21. The quantitative estimate of drug-likeness (QED) is 0.406. The van der Waals surface area contributed by atoms with E-state index in [2.05, 4.69) is 50.5 Å². The van der Waals surface area contributed by atoms with Crippen LogP contribution in [0.25, 0.3) is 16.7 Å². The zero-order chi connectivity index (χ0) is 20.2. The predicted octanol–water partition coefficient (Wildman–Crippen LogP) is 5.78. The highest BCUT2D eigenvalue weighted by molar-refractivity contribution is 9.10. The number of anilines is 1. The van der Waals surface area contributed by atoms with Crippen molar-refractivity contribution in [2.45, 2.75) is 26.2 Å². The molecule has 0 radical (unpaired) electrons. The summed E-state index contributed by atoms with van der Waals surface area (Å²) >= 11 is 3.41. The van der Waals surface area contributed by atoms with Gasteiger partial charge in [-0.25, -0.2) is 0 Å². The van der Waals surface area contributed by atoms with Gasteiger partial charge in [0.05, 0.1) is 11.3 Å². The summed E-state index contributed by atoms with van der Waals surface area (Å²) in [6, 6.07) is 21.2. The minimum Gasteiger partial charge on any atom is -0.322 e. The number of hydrogen-bond donors (Lipinski definition) is 1. The molecular formula is C23H21BrN4O. The van der Waals surface area contributed by atoms with Gasteiger partial charge >= 0.3 is 0 Å². The largest absolute Gasteiger partial charge is 0.322 e. The summed E-state index contributed by atoms with van der Waals surface area (Å²) in [6.07, 6.45) is 3.47. The Morgan fingerprint density at radius 3 is 2.52 bits per heavy atom. The van der Waals surface area contributed by atoms with E-state index in [4.69, 9.17) is 0 Å². The van der Waals surface area contributed by atoms with Gasteiger partial charge in [-0.2, -0.15) is 4.80 Å². The van der Waals surface area contributed by atoms with Crippen LogP contribution in [-0.2, 0) is 6.42 Å². The second-order valence-corrected chi connectivity index (χ2v) is 7.75. The highest BCUT2D eigenvalue weighted by atomic mass is 79.9. The maximum atomic E-state index is 12.5. The summed E-state index contributed by atoms with van der Waals surface area (Å²) in [5.41, 5.74) is 5.01. The molecule has 1 heterocycles. The van der Waals surface area contributed by atoms with Gasteiger partial charge in [0.1, 0.15) is 11.0 Å². The van der Waals surface area contributed by atoms with Crippen LogP contribution in [0.15, 0.2) is 71.2 Å². The van der Waals surface area contributed by atoms with E-state index >= 15 is 0 Å². The maximum Gasteiger partial charge on any atom is 0.256 e. The van der Waals surface area contributed by atoms with Gasteiger partial charge < -0.3 is 5.32 Å². The van der Waals surface area contributed by atoms with Crippen molar-refractivity contribution in [1.82, 2.24) is 15.0 Å². The van der Waals surface area contributed by atoms with Gasteiger partial charge in [-0.1, -0.05) is 37.6 Å². The zero-order valence-corrected chi connectivity index (χ0v) is 17.7. The number of benzene rings is 3. The number of aromatic nitrogens is 3. The lowest BCUT2D eigenvalue weighted by Gasteiger charge is -2.06. The number of nitrogens with one attached hydrogen (secondary N) is 1. The van der Waals surface area contributed by atoms with Crippen LogP contribution in [0.2, 0.25) is 0 Å². The molecule has 146 valence electrons. The molecule has 0 aliphatic heterocycles. The van der Waals surface area contributed by atoms with E-state index in [0.29, 0.717) is 11.3 Å². The van der Waals surface area contributed by atoms with Gasteiger partial charge in [0.25, 0.3) is 5.91 Å². The molecule has 29 heavy (non-hydrogen) atoms. The number of halogens is 1. The first-order chi connectivity index (χ1) is 14.1. The Hall–Kier alpha value is -2.99. The Morgan fingerprint density at radius 1 is 1.00 bits per heavy atom. The van der Waals surface area contributed by atoms with Crippen LogP contribution >= 0.6 is 15.9 Å². The molecule has 4 rings (SSSR count). The van der Waals surface area contributed by atoms with Crippen LogP contribution in [0.5, 0.6) is 0 Å². The maximum absolute atomic E-state index is 12.5. The summed E-state index contributed by atoms with van der Waals surface area (Å²) in [4.78, 5) is 14.2. The number of unbranched alkanes of at least 4 members (excludes halogenated alkanes) is 1. The minimum atomic E-state index is -0.174. The third-order valence-electron chi connectivity index (χ3n) is 4.74. The normalized spacial score (nSPS) is 11.0. The predicted molar refractivity (Wildman–Crippen MR) is 120 cm³/mol. The van der Waals surface area contributed by atoms with Crippen LogP contribution in [0.1, 0.15) is 35.7 Å². The van der Waals surface area contributed by atoms with Crippen molar-refractivity contribution in [3.05, 3.63) is 82.3 Å². The van der Waals surface area contributed by atoms with E-state index in [9.17, 15) is 4.79 Å². The van der Waals surface area contributed by atoms with Crippen molar-refractivity contribution >= 4 is 38.6 Å². The molecule has 0 aliphatic carbocycles. The Kier molecular flexibility index (Phi) is 5.71. The van der Waals surface area contributed by atoms with Crippen molar-refractivity contribution in [2.24, 2.45) is 0 Å². The van der Waals surface area contributed by atoms with Crippen LogP contribution in [-0.4, -0.2) is 20.9 Å². The van der Waals surface area contributed by atoms with Crippen molar-refractivity contribution in [1.29, 1.82) is 0 Å². The van der Waals surface area contributed by atoms with E-state index in [1.165, 1.54) is 18.4 Å². The van der Waals surface area contributed by atoms with E-state index in [0.717, 1.165) is 27.6 Å². The number of carbonyl (C=O) groups excluding carboxylic acids is 1. The number of nitrogens with zero attached hydrogens (tertiary/aromatic N) is 3. The molecule has 1 amide bonds. The minimum absolute atomic E-state index is 0.174. The first-order valence-electron chi connectivity index (χ1n) is 9.66. The van der Waals surface area contributed by atoms with Crippen molar-refractivity contribution in [3.63, 3.8) is 0 Å². The van der Waals surface area contributed by atoms with Crippen LogP contribution < -0.4 is 5.32 Å². The van der Waals surface area contributed by atoms with Gasteiger partial charge in [-0.05, 0) is 76.8 Å². The Morgan fingerprint density at radius 2 is 1.76 bits per heavy atom. The first kappa shape index (κ1) is 19.3. The molecule has 0 aliphatic rings. The molecule has 1 aromatic heterocycles. The van der Waals surface area contributed by atoms with Crippen LogP contribution in [0.3, 0.4) is 0 Å². The lowest BCUT2D eigenvalue weighted by atomic mass is 10.1. The second-order valence-electron chi connectivity index (χ2n) is 6.90. The van der Waals surface area contributed by atoms with Crippen molar-refractivity contribution in [2.75, 3.05) is 5.32 Å². The third kappa shape index (κ3) is 4.38. The standard InChI is InChI=1S/C23H21BrN4O/c1-2-3-6-16-9-12-18(13-10-16)28-26-21-14-11-17(15-22(21)27-28)25-23(29)19-7-4-5-8-20(19)24/h4-5,7-15H,2-3,6H2,1H3,(H,25,29). The Bertz CT molecular complexity index is 1150. The van der Waals surface area contributed by atoms with E-state index in [1.54, 1.807) is 10.9 Å². The van der Waals surface area contributed by atoms with Gasteiger partial charge in [-0.3, -0.25) is 4.79 Å².